The molecule has 8 heteroatoms. The normalized spacial score (nSPS) is 10.4. The first kappa shape index (κ1) is 12.7. The molecule has 0 aliphatic carbocycles. The van der Waals surface area contributed by atoms with Gasteiger partial charge in [0.25, 0.3) is 5.69 Å². The summed E-state index contributed by atoms with van der Waals surface area (Å²) in [5, 5.41) is 26.8. The zero-order valence-electron chi connectivity index (χ0n) is 10.2. The highest BCUT2D eigenvalue weighted by atomic mass is 16.6. The smallest absolute Gasteiger partial charge is 0.358 e. The topological polar surface area (TPSA) is 111 Å². The summed E-state index contributed by atoms with van der Waals surface area (Å²) < 4.78 is 1.29. The number of rotatable bonds is 3. The van der Waals surface area contributed by atoms with E-state index in [0.29, 0.717) is 16.8 Å². The third kappa shape index (κ3) is 2.28. The van der Waals surface area contributed by atoms with Crippen molar-refractivity contribution < 1.29 is 14.8 Å². The van der Waals surface area contributed by atoms with E-state index in [4.69, 9.17) is 5.11 Å². The Morgan fingerprint density at radius 2 is 2.05 bits per heavy atom. The molecule has 0 fully saturated rings. The van der Waals surface area contributed by atoms with E-state index in [1.54, 1.807) is 19.9 Å². The van der Waals surface area contributed by atoms with Gasteiger partial charge < -0.3 is 5.11 Å². The van der Waals surface area contributed by atoms with Gasteiger partial charge in [0.05, 0.1) is 16.8 Å². The van der Waals surface area contributed by atoms with Gasteiger partial charge in [-0.15, -0.1) is 5.10 Å². The largest absolute Gasteiger partial charge is 0.476 e. The third-order valence-electron chi connectivity index (χ3n) is 2.67. The fourth-order valence-electron chi connectivity index (χ4n) is 1.71. The molecule has 0 aliphatic rings. The van der Waals surface area contributed by atoms with Crippen molar-refractivity contribution in [2.24, 2.45) is 0 Å². The number of nitrogens with zero attached hydrogens (tertiary/aromatic N) is 4. The zero-order chi connectivity index (χ0) is 14.2. The summed E-state index contributed by atoms with van der Waals surface area (Å²) in [6.45, 7) is 3.29. The predicted octanol–water partition coefficient (Wildman–Crippen LogP) is 1.49. The molecule has 0 atom stereocenters. The van der Waals surface area contributed by atoms with Crippen LogP contribution in [0.1, 0.15) is 21.6 Å². The first-order chi connectivity index (χ1) is 8.90. The van der Waals surface area contributed by atoms with Gasteiger partial charge in [0, 0.05) is 11.6 Å². The van der Waals surface area contributed by atoms with Crippen LogP contribution in [0, 0.1) is 24.0 Å². The average Bonchev–Trinajstić information content (AvgIpc) is 2.80. The molecular weight excluding hydrogens is 252 g/mol. The van der Waals surface area contributed by atoms with Crippen molar-refractivity contribution in [2.45, 2.75) is 13.8 Å². The third-order valence-corrected chi connectivity index (χ3v) is 2.67. The van der Waals surface area contributed by atoms with E-state index in [1.807, 2.05) is 0 Å². The van der Waals surface area contributed by atoms with E-state index < -0.39 is 10.9 Å². The monoisotopic (exact) mass is 262 g/mol. The molecule has 0 amide bonds. The Labute approximate surface area is 107 Å². The summed E-state index contributed by atoms with van der Waals surface area (Å²) in [6.07, 6.45) is 1.26. The van der Waals surface area contributed by atoms with Gasteiger partial charge in [0.15, 0.2) is 5.69 Å². The maximum Gasteiger partial charge on any atom is 0.358 e. The van der Waals surface area contributed by atoms with E-state index in [-0.39, 0.29) is 11.4 Å². The van der Waals surface area contributed by atoms with Crippen molar-refractivity contribution in [1.29, 1.82) is 0 Å². The molecule has 0 spiro atoms. The number of hydrogen-bond donors (Lipinski definition) is 1. The molecule has 0 aliphatic heterocycles. The highest BCUT2D eigenvalue weighted by molar-refractivity contribution is 5.84. The van der Waals surface area contributed by atoms with Crippen LogP contribution < -0.4 is 0 Å². The molecular formula is C11H10N4O4. The minimum atomic E-state index is -1.18. The maximum absolute atomic E-state index is 10.8. The molecule has 2 aromatic rings. The molecule has 19 heavy (non-hydrogen) atoms. The summed E-state index contributed by atoms with van der Waals surface area (Å²) in [4.78, 5) is 21.1. The molecule has 1 aromatic carbocycles. The van der Waals surface area contributed by atoms with Gasteiger partial charge in [-0.25, -0.2) is 9.48 Å². The molecule has 2 rings (SSSR count). The molecule has 0 unspecified atom stereocenters. The Kier molecular flexibility index (Phi) is 2.99. The van der Waals surface area contributed by atoms with Crippen molar-refractivity contribution >= 4 is 11.7 Å². The SMILES string of the molecule is Cc1cc([N+](=O)[O-])c(C)cc1-n1cc(C(=O)O)nn1. The van der Waals surface area contributed by atoms with Crippen molar-refractivity contribution in [1.82, 2.24) is 15.0 Å². The van der Waals surface area contributed by atoms with Gasteiger partial charge >= 0.3 is 5.97 Å². The summed E-state index contributed by atoms with van der Waals surface area (Å²) in [5.41, 5.74) is 1.47. The molecule has 0 saturated carbocycles. The Morgan fingerprint density at radius 1 is 1.37 bits per heavy atom. The number of carbonyl (C=O) groups is 1. The first-order valence-corrected chi connectivity index (χ1v) is 5.32. The zero-order valence-corrected chi connectivity index (χ0v) is 10.2. The van der Waals surface area contributed by atoms with Crippen molar-refractivity contribution in [3.05, 3.63) is 45.3 Å². The second-order valence-electron chi connectivity index (χ2n) is 4.04. The predicted molar refractivity (Wildman–Crippen MR) is 64.4 cm³/mol. The molecule has 1 N–H and O–H groups in total. The number of carboxylic acid groups (broad SMARTS) is 1. The van der Waals surface area contributed by atoms with E-state index in [1.165, 1.54) is 16.9 Å². The fraction of sp³-hybridized carbons (Fsp3) is 0.182. The second-order valence-corrected chi connectivity index (χ2v) is 4.04. The van der Waals surface area contributed by atoms with Gasteiger partial charge in [-0.1, -0.05) is 5.21 Å². The number of benzene rings is 1. The van der Waals surface area contributed by atoms with Gasteiger partial charge in [-0.2, -0.15) is 0 Å². The minimum Gasteiger partial charge on any atom is -0.476 e. The lowest BCUT2D eigenvalue weighted by Gasteiger charge is -2.06. The van der Waals surface area contributed by atoms with Crippen LogP contribution in [-0.4, -0.2) is 31.0 Å². The number of aryl methyl sites for hydroxylation is 2. The van der Waals surface area contributed by atoms with Crippen molar-refractivity contribution in [3.63, 3.8) is 0 Å². The quantitative estimate of drug-likeness (QED) is 0.662. The Morgan fingerprint density at radius 3 is 2.58 bits per heavy atom. The summed E-state index contributed by atoms with van der Waals surface area (Å²) in [6, 6.07) is 3.00. The number of nitro groups is 1. The van der Waals surface area contributed by atoms with Gasteiger partial charge in [0.2, 0.25) is 0 Å². The van der Waals surface area contributed by atoms with E-state index in [9.17, 15) is 14.9 Å². The lowest BCUT2D eigenvalue weighted by molar-refractivity contribution is -0.385. The van der Waals surface area contributed by atoms with Gasteiger partial charge in [0.1, 0.15) is 0 Å². The van der Waals surface area contributed by atoms with E-state index in [2.05, 4.69) is 10.3 Å². The van der Waals surface area contributed by atoms with Gasteiger partial charge in [-0.3, -0.25) is 10.1 Å². The fourth-order valence-corrected chi connectivity index (χ4v) is 1.71. The maximum atomic E-state index is 10.8. The van der Waals surface area contributed by atoms with Crippen LogP contribution in [0.2, 0.25) is 0 Å². The van der Waals surface area contributed by atoms with Crippen LogP contribution in [-0.2, 0) is 0 Å². The van der Waals surface area contributed by atoms with Crippen molar-refractivity contribution in [2.75, 3.05) is 0 Å². The number of hydrogen-bond acceptors (Lipinski definition) is 5. The standard InChI is InChI=1S/C11H10N4O4/c1-6-4-10(15(18)19)7(2)3-9(6)14-5-8(11(16)17)12-13-14/h3-5H,1-2H3,(H,16,17). The van der Waals surface area contributed by atoms with Crippen LogP contribution in [0.5, 0.6) is 0 Å². The Hall–Kier alpha value is -2.77. The summed E-state index contributed by atoms with van der Waals surface area (Å²) >= 11 is 0. The minimum absolute atomic E-state index is 0.0137. The lowest BCUT2D eigenvalue weighted by atomic mass is 10.1. The molecule has 8 nitrogen and oxygen atoms in total. The highest BCUT2D eigenvalue weighted by Gasteiger charge is 2.16. The van der Waals surface area contributed by atoms with E-state index in [0.717, 1.165) is 0 Å². The number of aromatic carboxylic acids is 1. The number of aromatic nitrogens is 3. The molecule has 98 valence electrons. The average molecular weight is 262 g/mol. The second kappa shape index (κ2) is 4.48. The number of nitro benzene ring substituents is 1. The molecule has 1 aromatic heterocycles. The Balaban J connectivity index is 2.53. The van der Waals surface area contributed by atoms with Crippen LogP contribution in [0.15, 0.2) is 18.3 Å². The number of carboxylic acids is 1. The van der Waals surface area contributed by atoms with Crippen LogP contribution in [0.25, 0.3) is 5.69 Å². The van der Waals surface area contributed by atoms with Crippen LogP contribution >= 0.6 is 0 Å². The molecule has 0 saturated heterocycles. The van der Waals surface area contributed by atoms with Crippen LogP contribution in [0.4, 0.5) is 5.69 Å². The van der Waals surface area contributed by atoms with Crippen LogP contribution in [0.3, 0.4) is 0 Å². The van der Waals surface area contributed by atoms with E-state index >= 15 is 0 Å². The summed E-state index contributed by atoms with van der Waals surface area (Å²) in [5.74, 6) is -1.18. The lowest BCUT2D eigenvalue weighted by Crippen LogP contribution is -2.01. The molecule has 0 bridgehead atoms. The first-order valence-electron chi connectivity index (χ1n) is 5.32. The molecule has 0 radical (unpaired) electrons. The van der Waals surface area contributed by atoms with Crippen molar-refractivity contribution in [3.8, 4) is 5.69 Å². The summed E-state index contributed by atoms with van der Waals surface area (Å²) in [7, 11) is 0. The Bertz CT molecular complexity index is 677. The van der Waals surface area contributed by atoms with Gasteiger partial charge in [-0.05, 0) is 25.5 Å². The molecule has 1 heterocycles. The highest BCUT2D eigenvalue weighted by Crippen LogP contribution is 2.24.